The van der Waals surface area contributed by atoms with Crippen LogP contribution in [0.25, 0.3) is 0 Å². The molecule has 0 aliphatic rings. The molecule has 0 heterocycles. The monoisotopic (exact) mass is 230 g/mol. The van der Waals surface area contributed by atoms with Crippen LogP contribution in [0.15, 0.2) is 36.4 Å². The van der Waals surface area contributed by atoms with E-state index in [-0.39, 0.29) is 5.69 Å². The van der Waals surface area contributed by atoms with Crippen LogP contribution in [0.5, 0.6) is 0 Å². The van der Waals surface area contributed by atoms with E-state index in [1.54, 1.807) is 12.1 Å². The van der Waals surface area contributed by atoms with Crippen molar-refractivity contribution in [3.63, 3.8) is 0 Å². The van der Waals surface area contributed by atoms with Crippen LogP contribution in [0.2, 0.25) is 0 Å². The van der Waals surface area contributed by atoms with Crippen LogP contribution in [-0.2, 0) is 0 Å². The second-order valence-electron chi connectivity index (χ2n) is 4.09. The van der Waals surface area contributed by atoms with E-state index in [4.69, 9.17) is 5.73 Å². The number of benzene rings is 2. The van der Waals surface area contributed by atoms with Crippen molar-refractivity contribution in [1.82, 2.24) is 0 Å². The Hall–Kier alpha value is -2.03. The van der Waals surface area contributed by atoms with E-state index in [1.165, 1.54) is 6.07 Å². The topological polar surface area (TPSA) is 38.0 Å². The number of aryl methyl sites for hydroxylation is 2. The highest BCUT2D eigenvalue weighted by Gasteiger charge is 2.07. The number of halogens is 1. The predicted molar refractivity (Wildman–Crippen MR) is 70.0 cm³/mol. The molecule has 0 bridgehead atoms. The molecule has 0 aliphatic carbocycles. The number of hydrogen-bond acceptors (Lipinski definition) is 2. The fourth-order valence-electron chi connectivity index (χ4n) is 1.79. The van der Waals surface area contributed by atoms with Crippen LogP contribution < -0.4 is 11.1 Å². The fraction of sp³-hybridized carbons (Fsp3) is 0.143. The van der Waals surface area contributed by atoms with Crippen molar-refractivity contribution in [3.05, 3.63) is 53.3 Å². The number of anilines is 3. The average Bonchev–Trinajstić information content (AvgIpc) is 2.29. The highest BCUT2D eigenvalue weighted by Crippen LogP contribution is 2.28. The maximum atomic E-state index is 13.3. The summed E-state index contributed by atoms with van der Waals surface area (Å²) >= 11 is 0. The quantitative estimate of drug-likeness (QED) is 0.771. The van der Waals surface area contributed by atoms with E-state index in [9.17, 15) is 4.39 Å². The summed E-state index contributed by atoms with van der Waals surface area (Å²) in [6, 6.07) is 10.8. The lowest BCUT2D eigenvalue weighted by Gasteiger charge is -2.14. The molecule has 0 radical (unpaired) electrons. The minimum atomic E-state index is -0.402. The zero-order valence-electron chi connectivity index (χ0n) is 9.92. The standard InChI is InChI=1S/C14H15FN2/c1-9-5-3-6-10(2)14(9)17-12-8-4-7-11(15)13(12)16/h3-8,17H,16H2,1-2H3. The van der Waals surface area contributed by atoms with E-state index in [0.29, 0.717) is 5.69 Å². The number of nitrogens with one attached hydrogen (secondary N) is 1. The number of hydrogen-bond donors (Lipinski definition) is 2. The molecule has 0 unspecified atom stereocenters. The Labute approximate surface area is 100 Å². The normalized spacial score (nSPS) is 10.3. The van der Waals surface area contributed by atoms with Gasteiger partial charge >= 0.3 is 0 Å². The molecular formula is C14H15FN2. The van der Waals surface area contributed by atoms with Crippen molar-refractivity contribution >= 4 is 17.1 Å². The molecule has 88 valence electrons. The molecule has 0 fully saturated rings. The van der Waals surface area contributed by atoms with Crippen LogP contribution in [0, 0.1) is 19.7 Å². The lowest BCUT2D eigenvalue weighted by atomic mass is 10.1. The zero-order chi connectivity index (χ0) is 12.4. The maximum absolute atomic E-state index is 13.3. The van der Waals surface area contributed by atoms with Crippen LogP contribution in [0.3, 0.4) is 0 Å². The molecule has 0 aromatic heterocycles. The lowest BCUT2D eigenvalue weighted by molar-refractivity contribution is 0.633. The molecule has 0 saturated carbocycles. The van der Waals surface area contributed by atoms with Gasteiger partial charge in [-0.2, -0.15) is 0 Å². The fourth-order valence-corrected chi connectivity index (χ4v) is 1.79. The second kappa shape index (κ2) is 4.45. The smallest absolute Gasteiger partial charge is 0.148 e. The maximum Gasteiger partial charge on any atom is 0.148 e. The number of para-hydroxylation sites is 2. The van der Waals surface area contributed by atoms with E-state index < -0.39 is 5.82 Å². The van der Waals surface area contributed by atoms with Gasteiger partial charge in [0.05, 0.1) is 11.4 Å². The zero-order valence-corrected chi connectivity index (χ0v) is 9.92. The summed E-state index contributed by atoms with van der Waals surface area (Å²) in [6.45, 7) is 4.01. The molecule has 0 atom stereocenters. The molecule has 17 heavy (non-hydrogen) atoms. The van der Waals surface area contributed by atoms with Crippen LogP contribution in [0.1, 0.15) is 11.1 Å². The summed E-state index contributed by atoms with van der Waals surface area (Å²) < 4.78 is 13.3. The van der Waals surface area contributed by atoms with Crippen LogP contribution >= 0.6 is 0 Å². The summed E-state index contributed by atoms with van der Waals surface area (Å²) in [6.07, 6.45) is 0. The SMILES string of the molecule is Cc1cccc(C)c1Nc1cccc(F)c1N. The largest absolute Gasteiger partial charge is 0.395 e. The van der Waals surface area contributed by atoms with Gasteiger partial charge in [0.25, 0.3) is 0 Å². The van der Waals surface area contributed by atoms with Crippen LogP contribution in [-0.4, -0.2) is 0 Å². The summed E-state index contributed by atoms with van der Waals surface area (Å²) in [7, 11) is 0. The molecule has 0 saturated heterocycles. The first kappa shape index (κ1) is 11.5. The molecule has 2 nitrogen and oxygen atoms in total. The summed E-state index contributed by atoms with van der Waals surface area (Å²) in [5, 5.41) is 3.18. The van der Waals surface area contributed by atoms with E-state index in [1.807, 2.05) is 32.0 Å². The first-order valence-corrected chi connectivity index (χ1v) is 5.47. The van der Waals surface area contributed by atoms with Crippen molar-refractivity contribution in [2.45, 2.75) is 13.8 Å². The molecule has 0 amide bonds. The van der Waals surface area contributed by atoms with Gasteiger partial charge in [0, 0.05) is 5.69 Å². The molecular weight excluding hydrogens is 215 g/mol. The highest BCUT2D eigenvalue weighted by atomic mass is 19.1. The second-order valence-corrected chi connectivity index (χ2v) is 4.09. The first-order chi connectivity index (χ1) is 8.09. The Kier molecular flexibility index (Phi) is 3.00. The van der Waals surface area contributed by atoms with Crippen molar-refractivity contribution in [2.75, 3.05) is 11.1 Å². The Morgan fingerprint density at radius 1 is 1.00 bits per heavy atom. The van der Waals surface area contributed by atoms with E-state index in [2.05, 4.69) is 5.32 Å². The van der Waals surface area contributed by atoms with Gasteiger partial charge in [-0.3, -0.25) is 0 Å². The molecule has 3 N–H and O–H groups in total. The van der Waals surface area contributed by atoms with Crippen molar-refractivity contribution in [3.8, 4) is 0 Å². The minimum absolute atomic E-state index is 0.148. The Morgan fingerprint density at radius 3 is 2.24 bits per heavy atom. The van der Waals surface area contributed by atoms with Gasteiger partial charge in [0.15, 0.2) is 0 Å². The van der Waals surface area contributed by atoms with Gasteiger partial charge in [-0.25, -0.2) is 4.39 Å². The van der Waals surface area contributed by atoms with Gasteiger partial charge in [-0.15, -0.1) is 0 Å². The first-order valence-electron chi connectivity index (χ1n) is 5.47. The molecule has 2 aromatic rings. The van der Waals surface area contributed by atoms with E-state index >= 15 is 0 Å². The third kappa shape index (κ3) is 2.23. The highest BCUT2D eigenvalue weighted by molar-refractivity contribution is 5.75. The van der Waals surface area contributed by atoms with E-state index in [0.717, 1.165) is 16.8 Å². The van der Waals surface area contributed by atoms with Gasteiger partial charge in [-0.1, -0.05) is 24.3 Å². The van der Waals surface area contributed by atoms with Gasteiger partial charge in [0.2, 0.25) is 0 Å². The average molecular weight is 230 g/mol. The van der Waals surface area contributed by atoms with Gasteiger partial charge in [-0.05, 0) is 37.1 Å². The number of nitrogens with two attached hydrogens (primary N) is 1. The molecule has 0 spiro atoms. The molecule has 2 rings (SSSR count). The number of rotatable bonds is 2. The summed E-state index contributed by atoms with van der Waals surface area (Å²) in [5.41, 5.74) is 9.63. The van der Waals surface area contributed by atoms with Gasteiger partial charge < -0.3 is 11.1 Å². The van der Waals surface area contributed by atoms with Crippen molar-refractivity contribution in [1.29, 1.82) is 0 Å². The summed E-state index contributed by atoms with van der Waals surface area (Å²) in [4.78, 5) is 0. The predicted octanol–water partition coefficient (Wildman–Crippen LogP) is 3.77. The Balaban J connectivity index is 2.42. The molecule has 0 aliphatic heterocycles. The Bertz CT molecular complexity index is 530. The number of nitrogen functional groups attached to an aromatic ring is 1. The van der Waals surface area contributed by atoms with Crippen LogP contribution in [0.4, 0.5) is 21.5 Å². The van der Waals surface area contributed by atoms with Crippen molar-refractivity contribution < 1.29 is 4.39 Å². The molecule has 2 aromatic carbocycles. The third-order valence-electron chi connectivity index (χ3n) is 2.79. The Morgan fingerprint density at radius 2 is 1.59 bits per heavy atom. The lowest BCUT2D eigenvalue weighted by Crippen LogP contribution is -2.01. The van der Waals surface area contributed by atoms with Gasteiger partial charge in [0.1, 0.15) is 5.82 Å². The third-order valence-corrected chi connectivity index (χ3v) is 2.79. The van der Waals surface area contributed by atoms with Crippen molar-refractivity contribution in [2.24, 2.45) is 0 Å². The minimum Gasteiger partial charge on any atom is -0.395 e. The summed E-state index contributed by atoms with van der Waals surface area (Å²) in [5.74, 6) is -0.402. The molecule has 3 heteroatoms.